The van der Waals surface area contributed by atoms with Crippen LogP contribution in [0.15, 0.2) is 18.2 Å². The summed E-state index contributed by atoms with van der Waals surface area (Å²) < 4.78 is 18.2. The highest BCUT2D eigenvalue weighted by Crippen LogP contribution is 2.28. The van der Waals surface area contributed by atoms with Crippen LogP contribution in [0, 0.1) is 5.82 Å². The number of aliphatic hydroxyl groups is 1. The Morgan fingerprint density at radius 2 is 2.40 bits per heavy atom. The number of rotatable bonds is 2. The minimum Gasteiger partial charge on any atom is -0.482 e. The molecular weight excluding hydrogens is 199 g/mol. The average molecular weight is 210 g/mol. The van der Waals surface area contributed by atoms with Crippen LogP contribution in [0.1, 0.15) is 12.0 Å². The molecule has 0 fully saturated rings. The summed E-state index contributed by atoms with van der Waals surface area (Å²) in [5, 5.41) is 8.69. The molecule has 1 aliphatic heterocycles. The first-order valence-corrected chi connectivity index (χ1v) is 4.79. The van der Waals surface area contributed by atoms with Crippen molar-refractivity contribution < 1.29 is 19.0 Å². The molecule has 2 rings (SSSR count). The molecule has 4 heteroatoms. The molecule has 1 aliphatic rings. The van der Waals surface area contributed by atoms with Crippen molar-refractivity contribution in [3.8, 4) is 5.75 Å². The summed E-state index contributed by atoms with van der Waals surface area (Å²) in [5.41, 5.74) is 0.775. The Balaban J connectivity index is 2.20. The first kappa shape index (κ1) is 10.1. The highest BCUT2D eigenvalue weighted by atomic mass is 19.1. The molecule has 1 N–H and O–H groups in total. The second-order valence-electron chi connectivity index (χ2n) is 3.52. The van der Waals surface area contributed by atoms with Crippen molar-refractivity contribution >= 4 is 5.78 Å². The van der Waals surface area contributed by atoms with E-state index in [4.69, 9.17) is 9.84 Å². The number of ether oxygens (including phenoxy) is 1. The Labute approximate surface area is 86.5 Å². The molecule has 1 atom stereocenters. The molecule has 0 radical (unpaired) electrons. The third-order valence-electron chi connectivity index (χ3n) is 2.48. The van der Waals surface area contributed by atoms with Crippen molar-refractivity contribution in [1.29, 1.82) is 0 Å². The fraction of sp³-hybridized carbons (Fsp3) is 0.364. The number of fused-ring (bicyclic) bond motifs is 1. The van der Waals surface area contributed by atoms with Gasteiger partial charge in [-0.2, -0.15) is 0 Å². The van der Waals surface area contributed by atoms with E-state index < -0.39 is 12.7 Å². The van der Waals surface area contributed by atoms with Crippen molar-refractivity contribution in [2.75, 3.05) is 6.61 Å². The number of ketones is 1. The standard InChI is InChI=1S/C11H11FO3/c12-8-2-4-10-7(5-8)1-3-11(15-10)9(14)6-13/h2,4-5,11,13H,1,3,6H2. The van der Waals surface area contributed by atoms with Crippen molar-refractivity contribution in [1.82, 2.24) is 0 Å². The minimum atomic E-state index is -0.590. The van der Waals surface area contributed by atoms with Crippen LogP contribution in [0.25, 0.3) is 0 Å². The van der Waals surface area contributed by atoms with Crippen molar-refractivity contribution in [2.45, 2.75) is 18.9 Å². The lowest BCUT2D eigenvalue weighted by Gasteiger charge is -2.24. The minimum absolute atomic E-state index is 0.302. The number of Topliss-reactive ketones (excluding diaryl/α,β-unsaturated/α-hetero) is 1. The number of carbonyl (C=O) groups is 1. The van der Waals surface area contributed by atoms with Crippen LogP contribution in [0.4, 0.5) is 4.39 Å². The lowest BCUT2D eigenvalue weighted by molar-refractivity contribution is -0.129. The summed E-state index contributed by atoms with van der Waals surface area (Å²) in [6.07, 6.45) is 0.507. The zero-order chi connectivity index (χ0) is 10.8. The van der Waals surface area contributed by atoms with E-state index in [1.807, 2.05) is 0 Å². The van der Waals surface area contributed by atoms with Crippen LogP contribution in [-0.2, 0) is 11.2 Å². The predicted octanol–water partition coefficient (Wildman–Crippen LogP) is 1.08. The van der Waals surface area contributed by atoms with E-state index in [0.717, 1.165) is 5.56 Å². The number of aryl methyl sites for hydroxylation is 1. The normalized spacial score (nSPS) is 19.2. The van der Waals surface area contributed by atoms with Gasteiger partial charge < -0.3 is 9.84 Å². The van der Waals surface area contributed by atoms with Crippen LogP contribution in [0.2, 0.25) is 0 Å². The van der Waals surface area contributed by atoms with Gasteiger partial charge in [-0.1, -0.05) is 0 Å². The Morgan fingerprint density at radius 1 is 1.60 bits per heavy atom. The molecule has 0 saturated heterocycles. The summed E-state index contributed by atoms with van der Waals surface area (Å²) in [6, 6.07) is 4.22. The Morgan fingerprint density at radius 3 is 3.13 bits per heavy atom. The SMILES string of the molecule is O=C(CO)C1CCc2cc(F)ccc2O1. The van der Waals surface area contributed by atoms with Gasteiger partial charge in [-0.3, -0.25) is 4.79 Å². The Hall–Kier alpha value is -1.42. The summed E-state index contributed by atoms with van der Waals surface area (Å²) in [6.45, 7) is -0.513. The molecule has 80 valence electrons. The Kier molecular flexibility index (Phi) is 2.68. The number of carbonyl (C=O) groups excluding carboxylic acids is 1. The fourth-order valence-electron chi connectivity index (χ4n) is 1.69. The van der Waals surface area contributed by atoms with Crippen molar-refractivity contribution in [3.05, 3.63) is 29.6 Å². The zero-order valence-electron chi connectivity index (χ0n) is 8.07. The van der Waals surface area contributed by atoms with Gasteiger partial charge >= 0.3 is 0 Å². The largest absolute Gasteiger partial charge is 0.482 e. The summed E-state index contributed by atoms with van der Waals surface area (Å²) in [4.78, 5) is 11.2. The van der Waals surface area contributed by atoms with Gasteiger partial charge in [-0.15, -0.1) is 0 Å². The molecule has 0 amide bonds. The lowest BCUT2D eigenvalue weighted by Crippen LogP contribution is -2.33. The second kappa shape index (κ2) is 3.98. The summed E-state index contributed by atoms with van der Waals surface area (Å²) in [5.74, 6) is -0.0938. The fourth-order valence-corrected chi connectivity index (χ4v) is 1.69. The quantitative estimate of drug-likeness (QED) is 0.794. The van der Waals surface area contributed by atoms with E-state index in [0.29, 0.717) is 18.6 Å². The van der Waals surface area contributed by atoms with Crippen LogP contribution < -0.4 is 4.74 Å². The molecule has 0 bridgehead atoms. The van der Waals surface area contributed by atoms with Gasteiger partial charge in [0, 0.05) is 0 Å². The van der Waals surface area contributed by atoms with Crippen molar-refractivity contribution in [2.24, 2.45) is 0 Å². The third kappa shape index (κ3) is 1.99. The molecule has 0 spiro atoms. The van der Waals surface area contributed by atoms with Gasteiger partial charge in [-0.05, 0) is 36.6 Å². The number of benzene rings is 1. The molecule has 1 aromatic carbocycles. The molecule has 0 aromatic heterocycles. The maximum Gasteiger partial charge on any atom is 0.198 e. The first-order valence-electron chi connectivity index (χ1n) is 4.79. The summed E-state index contributed by atoms with van der Waals surface area (Å²) >= 11 is 0. The van der Waals surface area contributed by atoms with E-state index in [9.17, 15) is 9.18 Å². The molecule has 1 heterocycles. The molecule has 15 heavy (non-hydrogen) atoms. The van der Waals surface area contributed by atoms with E-state index >= 15 is 0 Å². The maximum atomic E-state index is 12.9. The van der Waals surface area contributed by atoms with Crippen LogP contribution >= 0.6 is 0 Å². The van der Waals surface area contributed by atoms with Gasteiger partial charge in [-0.25, -0.2) is 4.39 Å². The van der Waals surface area contributed by atoms with Gasteiger partial charge in [0.25, 0.3) is 0 Å². The predicted molar refractivity (Wildman–Crippen MR) is 51.2 cm³/mol. The molecular formula is C11H11FO3. The van der Waals surface area contributed by atoms with E-state index in [1.165, 1.54) is 18.2 Å². The van der Waals surface area contributed by atoms with Crippen LogP contribution in [-0.4, -0.2) is 23.6 Å². The number of halogens is 1. The van der Waals surface area contributed by atoms with E-state index in [2.05, 4.69) is 0 Å². The van der Waals surface area contributed by atoms with E-state index in [1.54, 1.807) is 0 Å². The molecule has 1 unspecified atom stereocenters. The monoisotopic (exact) mass is 210 g/mol. The van der Waals surface area contributed by atoms with Crippen LogP contribution in [0.3, 0.4) is 0 Å². The molecule has 0 saturated carbocycles. The first-order chi connectivity index (χ1) is 7.20. The highest BCUT2D eigenvalue weighted by molar-refractivity contribution is 5.84. The summed E-state index contributed by atoms with van der Waals surface area (Å²) in [7, 11) is 0. The lowest BCUT2D eigenvalue weighted by atomic mass is 10.00. The van der Waals surface area contributed by atoms with Gasteiger partial charge in [0.05, 0.1) is 0 Å². The molecule has 3 nitrogen and oxygen atoms in total. The van der Waals surface area contributed by atoms with Crippen LogP contribution in [0.5, 0.6) is 5.75 Å². The molecule has 1 aromatic rings. The highest BCUT2D eigenvalue weighted by Gasteiger charge is 2.25. The third-order valence-corrected chi connectivity index (χ3v) is 2.48. The topological polar surface area (TPSA) is 46.5 Å². The Bertz CT molecular complexity index is 389. The van der Waals surface area contributed by atoms with Gasteiger partial charge in [0.1, 0.15) is 18.2 Å². The smallest absolute Gasteiger partial charge is 0.198 e. The van der Waals surface area contributed by atoms with E-state index in [-0.39, 0.29) is 11.6 Å². The number of hydrogen-bond donors (Lipinski definition) is 1. The van der Waals surface area contributed by atoms with Gasteiger partial charge in [0.15, 0.2) is 11.9 Å². The number of hydrogen-bond acceptors (Lipinski definition) is 3. The zero-order valence-corrected chi connectivity index (χ0v) is 8.07. The average Bonchev–Trinajstić information content (AvgIpc) is 2.27. The number of aliphatic hydroxyl groups excluding tert-OH is 1. The second-order valence-corrected chi connectivity index (χ2v) is 3.52. The molecule has 0 aliphatic carbocycles. The maximum absolute atomic E-state index is 12.9. The van der Waals surface area contributed by atoms with Crippen molar-refractivity contribution in [3.63, 3.8) is 0 Å². The van der Waals surface area contributed by atoms with Gasteiger partial charge in [0.2, 0.25) is 0 Å².